The molecule has 0 heterocycles. The fourth-order valence-corrected chi connectivity index (χ4v) is 1.72. The Balaban J connectivity index is 2.48. The van der Waals surface area contributed by atoms with Gasteiger partial charge in [0.1, 0.15) is 6.10 Å². The lowest BCUT2D eigenvalue weighted by Gasteiger charge is -2.06. The molecule has 15 heavy (non-hydrogen) atoms. The average molecular weight is 197 g/mol. The van der Waals surface area contributed by atoms with Crippen LogP contribution in [-0.4, -0.2) is 11.2 Å². The largest absolute Gasteiger partial charge is 0.378 e. The van der Waals surface area contributed by atoms with E-state index in [1.165, 1.54) is 0 Å². The molecule has 1 atom stereocenters. The zero-order valence-corrected chi connectivity index (χ0v) is 8.22. The molecule has 0 aliphatic rings. The number of aliphatic hydroxyl groups excluding tert-OH is 1. The lowest BCUT2D eigenvalue weighted by molar-refractivity contribution is 0.231. The normalized spacial score (nSPS) is 12.3. The molecule has 0 radical (unpaired) electrons. The van der Waals surface area contributed by atoms with E-state index in [1.807, 2.05) is 48.5 Å². The second-order valence-corrected chi connectivity index (χ2v) is 3.49. The molecular weight excluding hydrogens is 186 g/mol. The van der Waals surface area contributed by atoms with Crippen LogP contribution in [0.3, 0.4) is 0 Å². The SMILES string of the molecule is N#CC(O)Cc1cccc2ccccc12. The third-order valence-electron chi connectivity index (χ3n) is 2.44. The van der Waals surface area contributed by atoms with Gasteiger partial charge in [0.05, 0.1) is 6.07 Å². The monoisotopic (exact) mass is 197 g/mol. The summed E-state index contributed by atoms with van der Waals surface area (Å²) in [5, 5.41) is 20.1. The van der Waals surface area contributed by atoms with Crippen molar-refractivity contribution < 1.29 is 5.11 Å². The van der Waals surface area contributed by atoms with Gasteiger partial charge in [-0.3, -0.25) is 0 Å². The Hall–Kier alpha value is -1.85. The number of hydrogen-bond donors (Lipinski definition) is 1. The first-order chi connectivity index (χ1) is 7.31. The molecule has 2 heteroatoms. The van der Waals surface area contributed by atoms with E-state index in [4.69, 9.17) is 5.26 Å². The topological polar surface area (TPSA) is 44.0 Å². The van der Waals surface area contributed by atoms with Crippen molar-refractivity contribution in [2.24, 2.45) is 0 Å². The van der Waals surface area contributed by atoms with Crippen LogP contribution < -0.4 is 0 Å². The predicted molar refractivity (Wildman–Crippen MR) is 59.3 cm³/mol. The molecule has 0 aromatic heterocycles. The van der Waals surface area contributed by atoms with Gasteiger partial charge in [-0.25, -0.2) is 0 Å². The second kappa shape index (κ2) is 4.12. The molecule has 74 valence electrons. The number of fused-ring (bicyclic) bond motifs is 1. The van der Waals surface area contributed by atoms with Crippen LogP contribution in [-0.2, 0) is 6.42 Å². The Bertz CT molecular complexity index is 508. The lowest BCUT2D eigenvalue weighted by atomic mass is 10.0. The fraction of sp³-hybridized carbons (Fsp3) is 0.154. The molecule has 0 bridgehead atoms. The van der Waals surface area contributed by atoms with Crippen LogP contribution in [0.1, 0.15) is 5.56 Å². The highest BCUT2D eigenvalue weighted by Gasteiger charge is 2.06. The minimum absolute atomic E-state index is 0.387. The molecule has 0 saturated heterocycles. The molecule has 1 unspecified atom stereocenters. The maximum absolute atomic E-state index is 9.31. The number of rotatable bonds is 2. The number of nitrogens with zero attached hydrogens (tertiary/aromatic N) is 1. The molecule has 0 saturated carbocycles. The number of benzene rings is 2. The molecule has 0 spiro atoms. The molecule has 0 fully saturated rings. The Morgan fingerprint density at radius 1 is 1.13 bits per heavy atom. The van der Waals surface area contributed by atoms with Crippen molar-refractivity contribution in [3.63, 3.8) is 0 Å². The van der Waals surface area contributed by atoms with Crippen molar-refractivity contribution in [2.75, 3.05) is 0 Å². The van der Waals surface area contributed by atoms with Crippen molar-refractivity contribution in [1.82, 2.24) is 0 Å². The van der Waals surface area contributed by atoms with Gasteiger partial charge in [0.25, 0.3) is 0 Å². The smallest absolute Gasteiger partial charge is 0.144 e. The Morgan fingerprint density at radius 3 is 2.67 bits per heavy atom. The van der Waals surface area contributed by atoms with Crippen LogP contribution in [0.2, 0.25) is 0 Å². The van der Waals surface area contributed by atoms with E-state index < -0.39 is 6.10 Å². The standard InChI is InChI=1S/C13H11NO/c14-9-12(15)8-11-6-3-5-10-4-1-2-7-13(10)11/h1-7,12,15H,8H2. The summed E-state index contributed by atoms with van der Waals surface area (Å²) in [7, 11) is 0. The van der Waals surface area contributed by atoms with Crippen molar-refractivity contribution in [1.29, 1.82) is 5.26 Å². The lowest BCUT2D eigenvalue weighted by Crippen LogP contribution is -2.06. The third kappa shape index (κ3) is 1.98. The first-order valence-electron chi connectivity index (χ1n) is 4.85. The number of aliphatic hydroxyl groups is 1. The van der Waals surface area contributed by atoms with E-state index in [2.05, 4.69) is 0 Å². The van der Waals surface area contributed by atoms with Gasteiger partial charge in [-0.1, -0.05) is 42.5 Å². The molecule has 2 aromatic rings. The molecule has 0 amide bonds. The average Bonchev–Trinajstić information content (AvgIpc) is 2.29. The van der Waals surface area contributed by atoms with Crippen LogP contribution in [0, 0.1) is 11.3 Å². The molecule has 0 aliphatic heterocycles. The predicted octanol–water partition coefficient (Wildman–Crippen LogP) is 2.27. The third-order valence-corrected chi connectivity index (χ3v) is 2.44. The highest BCUT2D eigenvalue weighted by atomic mass is 16.3. The van der Waals surface area contributed by atoms with Crippen LogP contribution in [0.25, 0.3) is 10.8 Å². The fourth-order valence-electron chi connectivity index (χ4n) is 1.72. The van der Waals surface area contributed by atoms with Crippen LogP contribution in [0.5, 0.6) is 0 Å². The van der Waals surface area contributed by atoms with Gasteiger partial charge in [0, 0.05) is 6.42 Å². The van der Waals surface area contributed by atoms with E-state index in [0.717, 1.165) is 16.3 Å². The van der Waals surface area contributed by atoms with E-state index in [0.29, 0.717) is 6.42 Å². The molecular formula is C13H11NO. The quantitative estimate of drug-likeness (QED) is 0.750. The Morgan fingerprint density at radius 2 is 1.87 bits per heavy atom. The molecule has 2 aromatic carbocycles. The van der Waals surface area contributed by atoms with Gasteiger partial charge in [0.2, 0.25) is 0 Å². The van der Waals surface area contributed by atoms with Crippen LogP contribution >= 0.6 is 0 Å². The van der Waals surface area contributed by atoms with E-state index in [-0.39, 0.29) is 0 Å². The summed E-state index contributed by atoms with van der Waals surface area (Å²) in [5.74, 6) is 0. The highest BCUT2D eigenvalue weighted by molar-refractivity contribution is 5.85. The highest BCUT2D eigenvalue weighted by Crippen LogP contribution is 2.19. The summed E-state index contributed by atoms with van der Waals surface area (Å²) < 4.78 is 0. The van der Waals surface area contributed by atoms with Crippen LogP contribution in [0.4, 0.5) is 0 Å². The summed E-state index contributed by atoms with van der Waals surface area (Å²) in [6.45, 7) is 0. The van der Waals surface area contributed by atoms with Crippen molar-refractivity contribution in [2.45, 2.75) is 12.5 Å². The number of hydrogen-bond acceptors (Lipinski definition) is 2. The number of nitriles is 1. The van der Waals surface area contributed by atoms with Gasteiger partial charge >= 0.3 is 0 Å². The maximum atomic E-state index is 9.31. The summed E-state index contributed by atoms with van der Waals surface area (Å²) in [6, 6.07) is 15.7. The van der Waals surface area contributed by atoms with Crippen molar-refractivity contribution in [3.8, 4) is 6.07 Å². The maximum Gasteiger partial charge on any atom is 0.144 e. The summed E-state index contributed by atoms with van der Waals surface area (Å²) in [6.07, 6.45) is -0.534. The molecule has 1 N–H and O–H groups in total. The minimum atomic E-state index is -0.921. The van der Waals surface area contributed by atoms with Gasteiger partial charge < -0.3 is 5.11 Å². The van der Waals surface area contributed by atoms with Gasteiger partial charge in [-0.15, -0.1) is 0 Å². The Kier molecular flexibility index (Phi) is 2.66. The summed E-state index contributed by atoms with van der Waals surface area (Å²) >= 11 is 0. The Labute approximate surface area is 88.4 Å². The van der Waals surface area contributed by atoms with Crippen molar-refractivity contribution in [3.05, 3.63) is 48.0 Å². The van der Waals surface area contributed by atoms with E-state index >= 15 is 0 Å². The van der Waals surface area contributed by atoms with Gasteiger partial charge in [-0.05, 0) is 16.3 Å². The van der Waals surface area contributed by atoms with E-state index in [9.17, 15) is 5.11 Å². The van der Waals surface area contributed by atoms with Crippen molar-refractivity contribution >= 4 is 10.8 Å². The van der Waals surface area contributed by atoms with E-state index in [1.54, 1.807) is 0 Å². The van der Waals surface area contributed by atoms with Gasteiger partial charge in [0.15, 0.2) is 0 Å². The zero-order valence-electron chi connectivity index (χ0n) is 8.22. The summed E-state index contributed by atoms with van der Waals surface area (Å²) in [5.41, 5.74) is 1.02. The van der Waals surface area contributed by atoms with Crippen LogP contribution in [0.15, 0.2) is 42.5 Å². The molecule has 2 rings (SSSR count). The first kappa shape index (κ1) is 9.70. The zero-order chi connectivity index (χ0) is 10.7. The molecule has 2 nitrogen and oxygen atoms in total. The minimum Gasteiger partial charge on any atom is -0.378 e. The second-order valence-electron chi connectivity index (χ2n) is 3.49. The molecule has 0 aliphatic carbocycles. The first-order valence-corrected chi connectivity index (χ1v) is 4.85. The summed E-state index contributed by atoms with van der Waals surface area (Å²) in [4.78, 5) is 0. The van der Waals surface area contributed by atoms with Gasteiger partial charge in [-0.2, -0.15) is 5.26 Å².